The molecule has 0 atom stereocenters. The lowest BCUT2D eigenvalue weighted by atomic mass is 10.2. The Bertz CT molecular complexity index is 484. The summed E-state index contributed by atoms with van der Waals surface area (Å²) in [6.07, 6.45) is 5.73. The van der Waals surface area contributed by atoms with E-state index in [0.29, 0.717) is 24.2 Å². The van der Waals surface area contributed by atoms with Crippen LogP contribution in [0.2, 0.25) is 0 Å². The van der Waals surface area contributed by atoms with Crippen LogP contribution >= 0.6 is 0 Å². The summed E-state index contributed by atoms with van der Waals surface area (Å²) in [5.74, 6) is -0.0616. The highest BCUT2D eigenvalue weighted by atomic mass is 16.9. The van der Waals surface area contributed by atoms with Gasteiger partial charge in [-0.15, -0.1) is 10.1 Å². The zero-order chi connectivity index (χ0) is 14.8. The lowest BCUT2D eigenvalue weighted by molar-refractivity contribution is -0.763. The van der Waals surface area contributed by atoms with Crippen molar-refractivity contribution in [1.82, 2.24) is 0 Å². The van der Waals surface area contributed by atoms with Gasteiger partial charge in [-0.25, -0.2) is 0 Å². The molecule has 0 aliphatic heterocycles. The Labute approximate surface area is 117 Å². The molecule has 0 aromatic heterocycles. The first-order chi connectivity index (χ1) is 9.63. The van der Waals surface area contributed by atoms with E-state index < -0.39 is 5.09 Å². The van der Waals surface area contributed by atoms with E-state index in [0.717, 1.165) is 6.42 Å². The molecule has 6 nitrogen and oxygen atoms in total. The highest BCUT2D eigenvalue weighted by molar-refractivity contribution is 5.72. The highest BCUT2D eigenvalue weighted by Crippen LogP contribution is 2.19. The second kappa shape index (κ2) is 8.68. The molecule has 0 radical (unpaired) electrons. The van der Waals surface area contributed by atoms with Gasteiger partial charge in [0.05, 0.1) is 0 Å². The Morgan fingerprint density at radius 2 is 2.15 bits per heavy atom. The van der Waals surface area contributed by atoms with Gasteiger partial charge in [-0.1, -0.05) is 30.4 Å². The molecule has 0 bridgehead atoms. The van der Waals surface area contributed by atoms with E-state index in [1.165, 1.54) is 0 Å². The standard InChI is InChI=1S/C14H17NO5/c1-2-3-4-5-10-14(16)20-13-9-7-6-8-12(13)11-19-15(17)18/h2-3,6-9H,4-5,10-11H2,1H3/b3-2-. The molecule has 20 heavy (non-hydrogen) atoms. The van der Waals surface area contributed by atoms with Crippen molar-refractivity contribution in [3.8, 4) is 5.75 Å². The second-order valence-corrected chi connectivity index (χ2v) is 4.04. The number of hydrogen-bond donors (Lipinski definition) is 0. The molecular formula is C14H17NO5. The fraction of sp³-hybridized carbons (Fsp3) is 0.357. The van der Waals surface area contributed by atoms with Crippen molar-refractivity contribution in [3.63, 3.8) is 0 Å². The minimum atomic E-state index is -0.879. The Hall–Kier alpha value is -2.37. The van der Waals surface area contributed by atoms with Gasteiger partial charge >= 0.3 is 5.97 Å². The van der Waals surface area contributed by atoms with Crippen LogP contribution in [0.3, 0.4) is 0 Å². The molecule has 0 fully saturated rings. The normalized spacial score (nSPS) is 10.4. The van der Waals surface area contributed by atoms with Crippen LogP contribution in [0.1, 0.15) is 31.7 Å². The minimum Gasteiger partial charge on any atom is -0.426 e. The van der Waals surface area contributed by atoms with E-state index in [4.69, 9.17) is 4.74 Å². The number of unbranched alkanes of at least 4 members (excludes halogenated alkanes) is 1. The molecule has 1 rings (SSSR count). The van der Waals surface area contributed by atoms with E-state index >= 15 is 0 Å². The lowest BCUT2D eigenvalue weighted by Crippen LogP contribution is -2.10. The molecule has 6 heteroatoms. The van der Waals surface area contributed by atoms with Crippen LogP contribution in [-0.2, 0) is 16.2 Å². The average molecular weight is 279 g/mol. The van der Waals surface area contributed by atoms with Crippen molar-refractivity contribution in [2.45, 2.75) is 32.8 Å². The van der Waals surface area contributed by atoms with Gasteiger partial charge in [0.2, 0.25) is 0 Å². The van der Waals surface area contributed by atoms with Crippen LogP contribution in [0.25, 0.3) is 0 Å². The monoisotopic (exact) mass is 279 g/mol. The summed E-state index contributed by atoms with van der Waals surface area (Å²) in [5, 5.41) is 9.30. The minimum absolute atomic E-state index is 0.241. The van der Waals surface area contributed by atoms with E-state index in [1.54, 1.807) is 24.3 Å². The number of ether oxygens (including phenoxy) is 1. The Morgan fingerprint density at radius 3 is 2.85 bits per heavy atom. The summed E-state index contributed by atoms with van der Waals surface area (Å²) in [5.41, 5.74) is 0.464. The quantitative estimate of drug-likeness (QED) is 0.182. The SMILES string of the molecule is C/C=C\CCCC(=O)Oc1ccccc1CO[N+](=O)[O-]. The second-order valence-electron chi connectivity index (χ2n) is 4.04. The molecule has 0 heterocycles. The van der Waals surface area contributed by atoms with Crippen LogP contribution in [0.5, 0.6) is 5.75 Å². The molecule has 0 aliphatic rings. The zero-order valence-corrected chi connectivity index (χ0v) is 11.3. The summed E-state index contributed by atoms with van der Waals surface area (Å²) in [6.45, 7) is 1.68. The summed E-state index contributed by atoms with van der Waals surface area (Å²) in [4.78, 5) is 26.1. The first kappa shape index (κ1) is 15.7. The molecule has 0 spiro atoms. The van der Waals surface area contributed by atoms with Gasteiger partial charge < -0.3 is 9.57 Å². The van der Waals surface area contributed by atoms with Crippen LogP contribution in [-0.4, -0.2) is 11.1 Å². The van der Waals surface area contributed by atoms with E-state index in [1.807, 2.05) is 19.1 Å². The summed E-state index contributed by atoms with van der Waals surface area (Å²) < 4.78 is 5.19. The molecule has 1 aromatic rings. The third-order valence-corrected chi connectivity index (χ3v) is 2.51. The third-order valence-electron chi connectivity index (χ3n) is 2.51. The molecule has 0 aliphatic carbocycles. The van der Waals surface area contributed by atoms with Gasteiger partial charge in [-0.2, -0.15) is 0 Å². The molecule has 0 unspecified atom stereocenters. The number of para-hydroxylation sites is 1. The largest absolute Gasteiger partial charge is 0.426 e. The van der Waals surface area contributed by atoms with Crippen LogP contribution in [0, 0.1) is 10.1 Å². The fourth-order valence-electron chi connectivity index (χ4n) is 1.55. The van der Waals surface area contributed by atoms with E-state index in [2.05, 4.69) is 4.84 Å². The van der Waals surface area contributed by atoms with Crippen molar-refractivity contribution in [2.24, 2.45) is 0 Å². The smallest absolute Gasteiger partial charge is 0.311 e. The predicted octanol–water partition coefficient (Wildman–Crippen LogP) is 3.05. The summed E-state index contributed by atoms with van der Waals surface area (Å²) in [6, 6.07) is 6.59. The molecule has 0 amide bonds. The van der Waals surface area contributed by atoms with Crippen LogP contribution < -0.4 is 4.74 Å². The summed E-state index contributed by atoms with van der Waals surface area (Å²) >= 11 is 0. The van der Waals surface area contributed by atoms with Gasteiger partial charge in [-0.05, 0) is 25.8 Å². The molecule has 1 aromatic carbocycles. The van der Waals surface area contributed by atoms with Crippen molar-refractivity contribution in [1.29, 1.82) is 0 Å². The number of carbonyl (C=O) groups is 1. The van der Waals surface area contributed by atoms with Crippen molar-refractivity contribution in [2.75, 3.05) is 0 Å². The lowest BCUT2D eigenvalue weighted by Gasteiger charge is -2.08. The maximum atomic E-state index is 11.6. The van der Waals surface area contributed by atoms with Crippen molar-refractivity contribution in [3.05, 3.63) is 52.1 Å². The fourth-order valence-corrected chi connectivity index (χ4v) is 1.55. The van der Waals surface area contributed by atoms with Gasteiger partial charge in [0.25, 0.3) is 5.09 Å². The number of esters is 1. The summed E-state index contributed by atoms with van der Waals surface area (Å²) in [7, 11) is 0. The van der Waals surface area contributed by atoms with Crippen LogP contribution in [0.15, 0.2) is 36.4 Å². The van der Waals surface area contributed by atoms with Gasteiger partial charge in [0.15, 0.2) is 0 Å². The number of hydrogen-bond acceptors (Lipinski definition) is 5. The van der Waals surface area contributed by atoms with Crippen molar-refractivity contribution >= 4 is 5.97 Å². The Kier molecular flexibility index (Phi) is 6.81. The van der Waals surface area contributed by atoms with Gasteiger partial charge in [-0.3, -0.25) is 4.79 Å². The maximum Gasteiger partial charge on any atom is 0.311 e. The number of carbonyl (C=O) groups excluding carboxylic acids is 1. The first-order valence-corrected chi connectivity index (χ1v) is 6.30. The van der Waals surface area contributed by atoms with E-state index in [-0.39, 0.29) is 12.6 Å². The van der Waals surface area contributed by atoms with Crippen molar-refractivity contribution < 1.29 is 19.5 Å². The highest BCUT2D eigenvalue weighted by Gasteiger charge is 2.09. The number of allylic oxidation sites excluding steroid dienone is 2. The van der Waals surface area contributed by atoms with E-state index in [9.17, 15) is 14.9 Å². The third kappa shape index (κ3) is 5.99. The predicted molar refractivity (Wildman–Crippen MR) is 72.5 cm³/mol. The zero-order valence-electron chi connectivity index (χ0n) is 11.3. The molecule has 0 saturated heterocycles. The molecule has 0 N–H and O–H groups in total. The number of benzene rings is 1. The molecule has 108 valence electrons. The van der Waals surface area contributed by atoms with Gasteiger partial charge in [0, 0.05) is 12.0 Å². The maximum absolute atomic E-state index is 11.6. The Balaban J connectivity index is 2.53. The van der Waals surface area contributed by atoms with Crippen LogP contribution in [0.4, 0.5) is 0 Å². The number of nitrogens with zero attached hydrogens (tertiary/aromatic N) is 1. The average Bonchev–Trinajstić information content (AvgIpc) is 2.42. The molecular weight excluding hydrogens is 262 g/mol. The topological polar surface area (TPSA) is 78.7 Å². The van der Waals surface area contributed by atoms with Gasteiger partial charge in [0.1, 0.15) is 12.4 Å². The first-order valence-electron chi connectivity index (χ1n) is 6.30. The number of rotatable bonds is 8. The Morgan fingerprint density at radius 1 is 1.40 bits per heavy atom. The molecule has 0 saturated carbocycles.